The summed E-state index contributed by atoms with van der Waals surface area (Å²) in [6.07, 6.45) is 18.9. The monoisotopic (exact) mass is 529 g/mol. The number of hydrogen-bond donors (Lipinski definition) is 1. The minimum absolute atomic E-state index is 0.0245. The highest BCUT2D eigenvalue weighted by Gasteiger charge is 2.03. The molecule has 1 radical (unpaired) electrons. The average Bonchev–Trinajstić information content (AvgIpc) is 3.48. The van der Waals surface area contributed by atoms with Crippen LogP contribution in [0.15, 0.2) is 24.3 Å². The van der Waals surface area contributed by atoms with Gasteiger partial charge in [0.1, 0.15) is 18.1 Å². The first-order valence-electron chi connectivity index (χ1n) is 14.3. The summed E-state index contributed by atoms with van der Waals surface area (Å²) in [6.45, 7) is 1.94. The molecule has 2 aromatic rings. The molecule has 0 bridgehead atoms. The van der Waals surface area contributed by atoms with E-state index in [1.54, 1.807) is 6.29 Å². The molecule has 9 heteroatoms. The van der Waals surface area contributed by atoms with Crippen molar-refractivity contribution in [3.63, 3.8) is 0 Å². The number of unbranched alkanes of at least 4 members (excludes halogenated alkanes) is 12. The number of ether oxygens (including phenoxy) is 3. The third kappa shape index (κ3) is 16.2. The van der Waals surface area contributed by atoms with E-state index in [0.29, 0.717) is 38.5 Å². The van der Waals surface area contributed by atoms with Crippen LogP contribution < -0.4 is 4.74 Å². The number of H-pyrrole nitrogens is 1. The van der Waals surface area contributed by atoms with Gasteiger partial charge in [-0.2, -0.15) is 0 Å². The molecule has 38 heavy (non-hydrogen) atoms. The molecule has 1 aromatic heterocycles. The number of aromatic amines is 1. The number of ketones is 1. The zero-order chi connectivity index (χ0) is 26.9. The normalized spacial score (nSPS) is 11.1. The topological polar surface area (TPSA) is 116 Å². The van der Waals surface area contributed by atoms with Gasteiger partial charge in [0, 0.05) is 18.4 Å². The Balaban J connectivity index is 1.26. The molecule has 0 fully saturated rings. The molecule has 2 rings (SSSR count). The smallest absolute Gasteiger partial charge is 0.226 e. The number of hydrogen-bond acceptors (Lipinski definition) is 8. The number of aromatic nitrogens is 4. The van der Waals surface area contributed by atoms with Gasteiger partial charge in [-0.1, -0.05) is 70.6 Å². The zero-order valence-electron chi connectivity index (χ0n) is 22.8. The van der Waals surface area contributed by atoms with Gasteiger partial charge < -0.3 is 14.2 Å². The van der Waals surface area contributed by atoms with Crippen molar-refractivity contribution in [1.82, 2.24) is 20.6 Å². The molecule has 211 valence electrons. The minimum Gasteiger partial charge on any atom is -0.494 e. The third-order valence-corrected chi connectivity index (χ3v) is 6.40. The first kappa shape index (κ1) is 31.6. The molecule has 0 spiro atoms. The molecular formula is C29H45N4O5. The van der Waals surface area contributed by atoms with E-state index in [1.165, 1.54) is 64.2 Å². The van der Waals surface area contributed by atoms with Crippen LogP contribution in [0, 0.1) is 0 Å². The van der Waals surface area contributed by atoms with Crippen LogP contribution in [0.2, 0.25) is 0 Å². The number of nitrogens with one attached hydrogen (secondary N) is 1. The maximum atomic E-state index is 11.8. The Morgan fingerprint density at radius 1 is 0.711 bits per heavy atom. The van der Waals surface area contributed by atoms with Crippen molar-refractivity contribution >= 4 is 12.1 Å². The quantitative estimate of drug-likeness (QED) is 0.152. The van der Waals surface area contributed by atoms with Crippen LogP contribution in [0.4, 0.5) is 0 Å². The first-order chi connectivity index (χ1) is 18.8. The van der Waals surface area contributed by atoms with E-state index in [2.05, 4.69) is 20.6 Å². The number of rotatable bonds is 26. The lowest BCUT2D eigenvalue weighted by atomic mass is 10.0. The molecule has 1 N–H and O–H groups in total. The zero-order valence-corrected chi connectivity index (χ0v) is 22.8. The minimum atomic E-state index is -0.0245. The van der Waals surface area contributed by atoms with Crippen molar-refractivity contribution in [3.05, 3.63) is 24.3 Å². The number of benzene rings is 1. The lowest BCUT2D eigenvalue weighted by molar-refractivity contribution is -0.120. The first-order valence-corrected chi connectivity index (χ1v) is 14.3. The summed E-state index contributed by atoms with van der Waals surface area (Å²) in [4.78, 5) is 21.8. The number of Topliss-reactive ketones (excluding diaryl/α,β-unsaturated/α-hetero) is 1. The van der Waals surface area contributed by atoms with Crippen LogP contribution in [0.3, 0.4) is 0 Å². The summed E-state index contributed by atoms with van der Waals surface area (Å²) in [7, 11) is 0. The van der Waals surface area contributed by atoms with Gasteiger partial charge in [-0.3, -0.25) is 9.59 Å². The molecular weight excluding hydrogens is 484 g/mol. The molecule has 0 atom stereocenters. The van der Waals surface area contributed by atoms with Gasteiger partial charge >= 0.3 is 0 Å². The van der Waals surface area contributed by atoms with Gasteiger partial charge in [0.25, 0.3) is 0 Å². The van der Waals surface area contributed by atoms with Gasteiger partial charge in [0.05, 0.1) is 26.4 Å². The molecule has 0 aliphatic rings. The standard InChI is InChI=1S/C29H45N4O5/c34-20-23-37-25-24-36-22-19-27(35)14-12-10-8-6-4-2-1-3-5-7-9-11-13-21-38-28-17-15-26(16-18-28)29-30-32-33-31-29/h15-18H,1-14,19,21-25H2,(H,30,31,32,33). The molecule has 0 saturated carbocycles. The molecule has 1 heterocycles. The van der Waals surface area contributed by atoms with E-state index < -0.39 is 0 Å². The van der Waals surface area contributed by atoms with Crippen molar-refractivity contribution in [2.75, 3.05) is 33.0 Å². The van der Waals surface area contributed by atoms with Gasteiger partial charge in [-0.05, 0) is 47.5 Å². The van der Waals surface area contributed by atoms with Crippen molar-refractivity contribution in [1.29, 1.82) is 0 Å². The van der Waals surface area contributed by atoms with Crippen molar-refractivity contribution in [2.45, 2.75) is 96.3 Å². The van der Waals surface area contributed by atoms with Crippen LogP contribution >= 0.6 is 0 Å². The van der Waals surface area contributed by atoms with Crippen LogP contribution in [0.1, 0.15) is 96.3 Å². The summed E-state index contributed by atoms with van der Waals surface area (Å²) in [5.41, 5.74) is 0.945. The van der Waals surface area contributed by atoms with E-state index in [0.717, 1.165) is 37.2 Å². The third-order valence-electron chi connectivity index (χ3n) is 6.40. The van der Waals surface area contributed by atoms with Crippen molar-refractivity contribution in [3.8, 4) is 17.1 Å². The van der Waals surface area contributed by atoms with E-state index >= 15 is 0 Å². The summed E-state index contributed by atoms with van der Waals surface area (Å²) >= 11 is 0. The summed E-state index contributed by atoms with van der Waals surface area (Å²) in [6, 6.07) is 7.82. The predicted molar refractivity (Wildman–Crippen MR) is 147 cm³/mol. The Kier molecular flexibility index (Phi) is 18.6. The fraction of sp³-hybridized carbons (Fsp3) is 0.690. The molecule has 0 aliphatic carbocycles. The Morgan fingerprint density at radius 3 is 1.92 bits per heavy atom. The van der Waals surface area contributed by atoms with Gasteiger partial charge in [0.2, 0.25) is 6.29 Å². The number of carbonyl (C=O) groups is 1. The molecule has 0 unspecified atom stereocenters. The summed E-state index contributed by atoms with van der Waals surface area (Å²) < 4.78 is 16.1. The summed E-state index contributed by atoms with van der Waals surface area (Å²) in [5, 5.41) is 13.8. The average molecular weight is 530 g/mol. The second-order valence-electron chi connectivity index (χ2n) is 9.57. The van der Waals surface area contributed by atoms with Crippen molar-refractivity contribution in [2.24, 2.45) is 0 Å². The van der Waals surface area contributed by atoms with Crippen molar-refractivity contribution < 1.29 is 23.8 Å². The Bertz CT molecular complexity index is 830. The Labute approximate surface area is 227 Å². The second kappa shape index (κ2) is 22.3. The summed E-state index contributed by atoms with van der Waals surface area (Å²) in [5.74, 6) is 1.81. The van der Waals surface area contributed by atoms with E-state index in [1.807, 2.05) is 24.3 Å². The Hall–Kier alpha value is -2.65. The lowest BCUT2D eigenvalue weighted by Gasteiger charge is -2.07. The highest BCUT2D eigenvalue weighted by Crippen LogP contribution is 2.19. The fourth-order valence-electron chi connectivity index (χ4n) is 4.19. The molecule has 0 amide bonds. The SMILES string of the molecule is O=[C]COCCOCCC(=O)CCCCCCCCCCCCCCCOc1ccc(-c2nnn[nH]2)cc1. The van der Waals surface area contributed by atoms with E-state index in [9.17, 15) is 9.59 Å². The number of tetrazole rings is 1. The molecule has 0 aliphatic heterocycles. The molecule has 1 aromatic carbocycles. The molecule has 0 saturated heterocycles. The van der Waals surface area contributed by atoms with Crippen LogP contribution in [0.25, 0.3) is 11.4 Å². The lowest BCUT2D eigenvalue weighted by Crippen LogP contribution is -2.09. The maximum Gasteiger partial charge on any atom is 0.226 e. The Morgan fingerprint density at radius 2 is 1.32 bits per heavy atom. The van der Waals surface area contributed by atoms with E-state index in [4.69, 9.17) is 14.2 Å². The van der Waals surface area contributed by atoms with Gasteiger partial charge in [-0.15, -0.1) is 5.10 Å². The largest absolute Gasteiger partial charge is 0.494 e. The molecule has 9 nitrogen and oxygen atoms in total. The predicted octanol–water partition coefficient (Wildman–Crippen LogP) is 5.81. The second-order valence-corrected chi connectivity index (χ2v) is 9.57. The maximum absolute atomic E-state index is 11.8. The number of carbonyl (C=O) groups excluding carboxylic acids is 2. The van der Waals surface area contributed by atoms with Crippen LogP contribution in [0.5, 0.6) is 5.75 Å². The highest BCUT2D eigenvalue weighted by molar-refractivity contribution is 5.78. The highest BCUT2D eigenvalue weighted by atomic mass is 16.5. The fourth-order valence-corrected chi connectivity index (χ4v) is 4.19. The van der Waals surface area contributed by atoms with Crippen LogP contribution in [-0.4, -0.2) is 65.7 Å². The van der Waals surface area contributed by atoms with Gasteiger partial charge in [0.15, 0.2) is 5.82 Å². The van der Waals surface area contributed by atoms with Crippen LogP contribution in [-0.2, 0) is 19.1 Å². The number of nitrogens with zero attached hydrogens (tertiary/aromatic N) is 3. The van der Waals surface area contributed by atoms with Gasteiger partial charge in [-0.25, -0.2) is 5.10 Å². The van der Waals surface area contributed by atoms with E-state index in [-0.39, 0.29) is 12.4 Å².